The molecule has 1 N–H and O–H groups in total. The molecule has 3 rings (SSSR count). The molecule has 0 aliphatic heterocycles. The van der Waals surface area contributed by atoms with Gasteiger partial charge in [-0.2, -0.15) is 11.3 Å². The summed E-state index contributed by atoms with van der Waals surface area (Å²) in [5.41, 5.74) is 2.65. The molecule has 0 atom stereocenters. The molecule has 0 fully saturated rings. The summed E-state index contributed by atoms with van der Waals surface area (Å²) in [6.45, 7) is 0. The standard InChI is InChI=1S/C14H9NO2S/c16-14(17)11-7-13(9-5-6-18-8-9)15-12-4-2-1-3-10(11)12/h1-8H,(H,16,17). The van der Waals surface area contributed by atoms with Crippen LogP contribution >= 0.6 is 11.3 Å². The molecule has 2 aromatic heterocycles. The normalized spacial score (nSPS) is 10.7. The van der Waals surface area contributed by atoms with Crippen LogP contribution in [-0.4, -0.2) is 16.1 Å². The Kier molecular flexibility index (Phi) is 2.57. The van der Waals surface area contributed by atoms with E-state index in [0.717, 1.165) is 5.56 Å². The molecule has 1 aromatic carbocycles. The first kappa shape index (κ1) is 10.9. The Balaban J connectivity index is 2.33. The van der Waals surface area contributed by atoms with Gasteiger partial charge >= 0.3 is 5.97 Å². The van der Waals surface area contributed by atoms with Crippen LogP contribution in [0.15, 0.2) is 47.2 Å². The largest absolute Gasteiger partial charge is 0.478 e. The van der Waals surface area contributed by atoms with Gasteiger partial charge in [-0.05, 0) is 23.6 Å². The molecule has 0 bridgehead atoms. The number of fused-ring (bicyclic) bond motifs is 1. The number of carboxylic acid groups (broad SMARTS) is 1. The lowest BCUT2D eigenvalue weighted by Gasteiger charge is -2.05. The predicted octanol–water partition coefficient (Wildman–Crippen LogP) is 3.66. The first-order valence-electron chi connectivity index (χ1n) is 5.41. The molecular weight excluding hydrogens is 246 g/mol. The van der Waals surface area contributed by atoms with Gasteiger partial charge in [0.05, 0.1) is 16.8 Å². The second kappa shape index (κ2) is 4.23. The van der Waals surface area contributed by atoms with Crippen molar-refractivity contribution >= 4 is 28.2 Å². The van der Waals surface area contributed by atoms with Gasteiger partial charge < -0.3 is 5.11 Å². The van der Waals surface area contributed by atoms with Crippen LogP contribution in [0.5, 0.6) is 0 Å². The minimum absolute atomic E-state index is 0.293. The van der Waals surface area contributed by atoms with Crippen LogP contribution in [0.2, 0.25) is 0 Å². The quantitative estimate of drug-likeness (QED) is 0.760. The molecule has 0 spiro atoms. The number of aromatic carboxylic acids is 1. The van der Waals surface area contributed by atoms with Crippen molar-refractivity contribution in [1.29, 1.82) is 0 Å². The Bertz CT molecular complexity index is 720. The molecular formula is C14H9NO2S. The maximum atomic E-state index is 11.3. The van der Waals surface area contributed by atoms with Crippen molar-refractivity contribution in [1.82, 2.24) is 4.98 Å². The van der Waals surface area contributed by atoms with Crippen molar-refractivity contribution in [3.8, 4) is 11.3 Å². The first-order valence-corrected chi connectivity index (χ1v) is 6.35. The second-order valence-electron chi connectivity index (χ2n) is 3.89. The van der Waals surface area contributed by atoms with Crippen LogP contribution in [0, 0.1) is 0 Å². The predicted molar refractivity (Wildman–Crippen MR) is 72.0 cm³/mol. The minimum atomic E-state index is -0.926. The van der Waals surface area contributed by atoms with E-state index in [1.807, 2.05) is 35.0 Å². The van der Waals surface area contributed by atoms with Gasteiger partial charge in [0.2, 0.25) is 0 Å². The molecule has 88 valence electrons. The highest BCUT2D eigenvalue weighted by Crippen LogP contribution is 2.26. The molecule has 4 heteroatoms. The number of carboxylic acids is 1. The Morgan fingerprint density at radius 2 is 2.06 bits per heavy atom. The Morgan fingerprint density at radius 3 is 2.78 bits per heavy atom. The van der Waals surface area contributed by atoms with Crippen LogP contribution in [-0.2, 0) is 0 Å². The zero-order chi connectivity index (χ0) is 12.5. The number of pyridine rings is 1. The molecule has 0 saturated heterocycles. The molecule has 3 nitrogen and oxygen atoms in total. The van der Waals surface area contributed by atoms with Crippen molar-refractivity contribution in [2.45, 2.75) is 0 Å². The van der Waals surface area contributed by atoms with E-state index in [0.29, 0.717) is 22.2 Å². The van der Waals surface area contributed by atoms with Crippen LogP contribution in [0.3, 0.4) is 0 Å². The number of thiophene rings is 1. The van der Waals surface area contributed by atoms with Gasteiger partial charge in [0, 0.05) is 16.3 Å². The fourth-order valence-corrected chi connectivity index (χ4v) is 2.56. The number of hydrogen-bond donors (Lipinski definition) is 1. The number of carbonyl (C=O) groups is 1. The summed E-state index contributed by atoms with van der Waals surface area (Å²) in [7, 11) is 0. The summed E-state index contributed by atoms with van der Waals surface area (Å²) in [6.07, 6.45) is 0. The maximum absolute atomic E-state index is 11.3. The lowest BCUT2D eigenvalue weighted by molar-refractivity contribution is 0.0699. The number of benzene rings is 1. The summed E-state index contributed by atoms with van der Waals surface area (Å²) >= 11 is 1.57. The van der Waals surface area contributed by atoms with Crippen LogP contribution < -0.4 is 0 Å². The minimum Gasteiger partial charge on any atom is -0.478 e. The fraction of sp³-hybridized carbons (Fsp3) is 0. The molecule has 0 amide bonds. The molecule has 2 heterocycles. The third-order valence-corrected chi connectivity index (χ3v) is 3.45. The summed E-state index contributed by atoms with van der Waals surface area (Å²) < 4.78 is 0. The van der Waals surface area contributed by atoms with E-state index in [1.165, 1.54) is 0 Å². The van der Waals surface area contributed by atoms with E-state index >= 15 is 0 Å². The Hall–Kier alpha value is -2.20. The van der Waals surface area contributed by atoms with E-state index in [1.54, 1.807) is 23.5 Å². The van der Waals surface area contributed by atoms with E-state index in [-0.39, 0.29) is 0 Å². The lowest BCUT2D eigenvalue weighted by Crippen LogP contribution is -1.99. The number of hydrogen-bond acceptors (Lipinski definition) is 3. The highest BCUT2D eigenvalue weighted by molar-refractivity contribution is 7.08. The van der Waals surface area contributed by atoms with E-state index in [9.17, 15) is 9.90 Å². The zero-order valence-corrected chi connectivity index (χ0v) is 10.1. The summed E-state index contributed by atoms with van der Waals surface area (Å²) in [4.78, 5) is 15.8. The number of nitrogens with zero attached hydrogens (tertiary/aromatic N) is 1. The average molecular weight is 255 g/mol. The molecule has 0 unspecified atom stereocenters. The molecule has 18 heavy (non-hydrogen) atoms. The van der Waals surface area contributed by atoms with Gasteiger partial charge in [-0.25, -0.2) is 9.78 Å². The number of rotatable bonds is 2. The third-order valence-electron chi connectivity index (χ3n) is 2.76. The molecule has 0 aliphatic rings. The monoisotopic (exact) mass is 255 g/mol. The Labute approximate surface area is 107 Å². The summed E-state index contributed by atoms with van der Waals surface area (Å²) in [5, 5.41) is 13.9. The maximum Gasteiger partial charge on any atom is 0.336 e. The van der Waals surface area contributed by atoms with Crippen LogP contribution in [0.4, 0.5) is 0 Å². The van der Waals surface area contributed by atoms with Crippen molar-refractivity contribution in [3.63, 3.8) is 0 Å². The van der Waals surface area contributed by atoms with Crippen molar-refractivity contribution < 1.29 is 9.90 Å². The molecule has 0 aliphatic carbocycles. The van der Waals surface area contributed by atoms with Crippen molar-refractivity contribution in [2.24, 2.45) is 0 Å². The highest BCUT2D eigenvalue weighted by Gasteiger charge is 2.12. The Morgan fingerprint density at radius 1 is 1.22 bits per heavy atom. The van der Waals surface area contributed by atoms with Crippen molar-refractivity contribution in [2.75, 3.05) is 0 Å². The van der Waals surface area contributed by atoms with Crippen LogP contribution in [0.25, 0.3) is 22.2 Å². The van der Waals surface area contributed by atoms with Crippen molar-refractivity contribution in [3.05, 3.63) is 52.7 Å². The average Bonchev–Trinajstić information content (AvgIpc) is 2.91. The van der Waals surface area contributed by atoms with E-state index in [2.05, 4.69) is 4.98 Å². The van der Waals surface area contributed by atoms with Gasteiger partial charge in [0.25, 0.3) is 0 Å². The van der Waals surface area contributed by atoms with E-state index < -0.39 is 5.97 Å². The summed E-state index contributed by atoms with van der Waals surface area (Å²) in [6, 6.07) is 10.9. The lowest BCUT2D eigenvalue weighted by atomic mass is 10.1. The SMILES string of the molecule is O=C(O)c1cc(-c2ccsc2)nc2ccccc12. The van der Waals surface area contributed by atoms with Crippen LogP contribution in [0.1, 0.15) is 10.4 Å². The highest BCUT2D eigenvalue weighted by atomic mass is 32.1. The first-order chi connectivity index (χ1) is 8.75. The molecule has 0 radical (unpaired) electrons. The second-order valence-corrected chi connectivity index (χ2v) is 4.67. The summed E-state index contributed by atoms with van der Waals surface area (Å²) in [5.74, 6) is -0.926. The smallest absolute Gasteiger partial charge is 0.336 e. The molecule has 0 saturated carbocycles. The van der Waals surface area contributed by atoms with Gasteiger partial charge in [0.1, 0.15) is 0 Å². The molecule has 3 aromatic rings. The number of para-hydroxylation sites is 1. The topological polar surface area (TPSA) is 50.2 Å². The van der Waals surface area contributed by atoms with Gasteiger partial charge in [-0.3, -0.25) is 0 Å². The zero-order valence-electron chi connectivity index (χ0n) is 9.33. The van der Waals surface area contributed by atoms with Gasteiger partial charge in [-0.1, -0.05) is 18.2 Å². The third kappa shape index (κ3) is 1.76. The fourth-order valence-electron chi connectivity index (χ4n) is 1.91. The van der Waals surface area contributed by atoms with E-state index in [4.69, 9.17) is 0 Å². The van der Waals surface area contributed by atoms with Gasteiger partial charge in [0.15, 0.2) is 0 Å². The van der Waals surface area contributed by atoms with Gasteiger partial charge in [-0.15, -0.1) is 0 Å². The number of aromatic nitrogens is 1.